The van der Waals surface area contributed by atoms with Gasteiger partial charge in [0.15, 0.2) is 9.34 Å². The van der Waals surface area contributed by atoms with Gasteiger partial charge in [-0.25, -0.2) is 13.4 Å². The lowest BCUT2D eigenvalue weighted by atomic mass is 10.3. The zero-order chi connectivity index (χ0) is 13.6. The number of fused-ring (bicyclic) bond motifs is 2. The Morgan fingerprint density at radius 2 is 2.37 bits per heavy atom. The lowest BCUT2D eigenvalue weighted by Crippen LogP contribution is -2.38. The second-order valence-electron chi connectivity index (χ2n) is 4.59. The fourth-order valence-corrected chi connectivity index (χ4v) is 6.87. The van der Waals surface area contributed by atoms with Gasteiger partial charge in [-0.2, -0.15) is 16.1 Å². The minimum Gasteiger partial charge on any atom is -0.302 e. The summed E-state index contributed by atoms with van der Waals surface area (Å²) >= 11 is 2.85. The Hall–Kier alpha value is -0.640. The topological polar surface area (TPSA) is 79.4 Å². The third kappa shape index (κ3) is 2.39. The van der Waals surface area contributed by atoms with E-state index in [-0.39, 0.29) is 16.2 Å². The van der Waals surface area contributed by atoms with Gasteiger partial charge in [0.05, 0.1) is 6.20 Å². The summed E-state index contributed by atoms with van der Waals surface area (Å²) in [6.07, 6.45) is 2.27. The lowest BCUT2D eigenvalue weighted by molar-refractivity contribution is -0.114. The van der Waals surface area contributed by atoms with Crippen molar-refractivity contribution in [3.63, 3.8) is 0 Å². The fraction of sp³-hybridized carbons (Fsp3) is 0.600. The first-order valence-electron chi connectivity index (χ1n) is 5.83. The van der Waals surface area contributed by atoms with Crippen LogP contribution in [0, 0.1) is 0 Å². The largest absolute Gasteiger partial charge is 0.302 e. The number of hydrogen-bond acceptors (Lipinski definition) is 6. The molecular formula is C10H13N3O3S3. The van der Waals surface area contributed by atoms with Gasteiger partial charge in [-0.05, 0) is 6.42 Å². The summed E-state index contributed by atoms with van der Waals surface area (Å²) < 4.78 is 26.8. The van der Waals surface area contributed by atoms with Gasteiger partial charge in [0, 0.05) is 30.5 Å². The van der Waals surface area contributed by atoms with Crippen molar-refractivity contribution >= 4 is 44.2 Å². The predicted molar refractivity (Wildman–Crippen MR) is 75.0 cm³/mol. The summed E-state index contributed by atoms with van der Waals surface area (Å²) in [7, 11) is -3.46. The first-order valence-corrected chi connectivity index (χ1v) is 9.14. The molecule has 0 unspecified atom stereocenters. The number of nitrogens with one attached hydrogen (secondary N) is 1. The molecule has 2 bridgehead atoms. The van der Waals surface area contributed by atoms with Gasteiger partial charge < -0.3 is 5.32 Å². The first-order chi connectivity index (χ1) is 8.96. The standard InChI is InChI=1S/C10H13N3O3S3/c1-6(14)12-10-11-3-9(18-10)19(15,16)13-4-8-2-7(13)5-17-8/h3,7-8H,2,4-5H2,1H3,(H,11,12,14)/t7-,8+/m0/s1. The maximum absolute atomic E-state index is 12.5. The summed E-state index contributed by atoms with van der Waals surface area (Å²) in [4.78, 5) is 14.9. The highest BCUT2D eigenvalue weighted by molar-refractivity contribution is 8.00. The van der Waals surface area contributed by atoms with Crippen molar-refractivity contribution in [3.8, 4) is 0 Å². The number of carbonyl (C=O) groups is 1. The normalized spacial score (nSPS) is 26.8. The number of thiazole rings is 1. The Kier molecular flexibility index (Phi) is 3.32. The number of thioether (sulfide) groups is 1. The van der Waals surface area contributed by atoms with Crippen molar-refractivity contribution in [2.75, 3.05) is 17.6 Å². The van der Waals surface area contributed by atoms with Crippen molar-refractivity contribution in [2.45, 2.75) is 28.8 Å². The molecule has 3 heterocycles. The molecule has 19 heavy (non-hydrogen) atoms. The van der Waals surface area contributed by atoms with Gasteiger partial charge in [-0.1, -0.05) is 11.3 Å². The van der Waals surface area contributed by atoms with Crippen LogP contribution in [0.5, 0.6) is 0 Å². The van der Waals surface area contributed by atoms with Crippen LogP contribution in [-0.2, 0) is 14.8 Å². The number of sulfonamides is 1. The molecule has 0 aliphatic carbocycles. The molecule has 0 spiro atoms. The molecule has 2 aliphatic rings. The number of rotatable bonds is 3. The first kappa shape index (κ1) is 13.3. The molecule has 1 N–H and O–H groups in total. The highest BCUT2D eigenvalue weighted by Gasteiger charge is 2.45. The Balaban J connectivity index is 1.84. The smallest absolute Gasteiger partial charge is 0.254 e. The second-order valence-corrected chi connectivity index (χ2v) is 9.07. The van der Waals surface area contributed by atoms with E-state index >= 15 is 0 Å². The van der Waals surface area contributed by atoms with Crippen LogP contribution in [0.25, 0.3) is 0 Å². The molecule has 1 amide bonds. The van der Waals surface area contributed by atoms with Crippen molar-refractivity contribution in [3.05, 3.63) is 6.20 Å². The van der Waals surface area contributed by atoms with Crippen LogP contribution < -0.4 is 5.32 Å². The van der Waals surface area contributed by atoms with Crippen molar-refractivity contribution in [1.29, 1.82) is 0 Å². The molecule has 9 heteroatoms. The van der Waals surface area contributed by atoms with Crippen LogP contribution in [0.4, 0.5) is 5.13 Å². The van der Waals surface area contributed by atoms with Crippen LogP contribution in [0.3, 0.4) is 0 Å². The average Bonchev–Trinajstić information content (AvgIpc) is 3.02. The molecule has 0 saturated carbocycles. The minimum atomic E-state index is -3.46. The third-order valence-corrected chi connectivity index (χ3v) is 7.84. The van der Waals surface area contributed by atoms with Gasteiger partial charge in [0.1, 0.15) is 0 Å². The Morgan fingerprint density at radius 1 is 1.58 bits per heavy atom. The summed E-state index contributed by atoms with van der Waals surface area (Å²) in [5.74, 6) is 0.622. The van der Waals surface area contributed by atoms with Crippen LogP contribution in [-0.4, -0.2) is 47.2 Å². The van der Waals surface area contributed by atoms with E-state index in [0.717, 1.165) is 23.5 Å². The summed E-state index contributed by atoms with van der Waals surface area (Å²) in [6.45, 7) is 1.96. The highest BCUT2D eigenvalue weighted by atomic mass is 32.2. The van der Waals surface area contributed by atoms with E-state index in [0.29, 0.717) is 16.9 Å². The molecular weight excluding hydrogens is 306 g/mol. The van der Waals surface area contributed by atoms with Crippen LogP contribution >= 0.6 is 23.1 Å². The Labute approximate surface area is 119 Å². The Bertz CT molecular complexity index is 613. The quantitative estimate of drug-likeness (QED) is 0.898. The van der Waals surface area contributed by atoms with E-state index in [1.165, 1.54) is 13.1 Å². The van der Waals surface area contributed by atoms with Gasteiger partial charge >= 0.3 is 0 Å². The molecule has 0 aromatic carbocycles. The molecule has 2 aliphatic heterocycles. The van der Waals surface area contributed by atoms with Crippen molar-refractivity contribution < 1.29 is 13.2 Å². The molecule has 0 radical (unpaired) electrons. The number of anilines is 1. The highest BCUT2D eigenvalue weighted by Crippen LogP contribution is 2.41. The zero-order valence-electron chi connectivity index (χ0n) is 10.2. The van der Waals surface area contributed by atoms with Gasteiger partial charge in [0.2, 0.25) is 5.91 Å². The van der Waals surface area contributed by atoms with Crippen LogP contribution in [0.15, 0.2) is 10.4 Å². The van der Waals surface area contributed by atoms with Gasteiger partial charge in [0.25, 0.3) is 10.0 Å². The molecule has 2 saturated heterocycles. The number of carbonyl (C=O) groups excluding carboxylic acids is 1. The van der Waals surface area contributed by atoms with E-state index in [1.807, 2.05) is 11.8 Å². The molecule has 2 atom stereocenters. The molecule has 3 rings (SSSR count). The lowest BCUT2D eigenvalue weighted by Gasteiger charge is -2.24. The van der Waals surface area contributed by atoms with E-state index < -0.39 is 10.0 Å². The van der Waals surface area contributed by atoms with E-state index in [4.69, 9.17) is 0 Å². The molecule has 6 nitrogen and oxygen atoms in total. The van der Waals surface area contributed by atoms with Crippen LogP contribution in [0.1, 0.15) is 13.3 Å². The van der Waals surface area contributed by atoms with Gasteiger partial charge in [-0.15, -0.1) is 0 Å². The van der Waals surface area contributed by atoms with Crippen molar-refractivity contribution in [2.24, 2.45) is 0 Å². The number of amides is 1. The monoisotopic (exact) mass is 319 g/mol. The maximum Gasteiger partial charge on any atom is 0.254 e. The SMILES string of the molecule is CC(=O)Nc1ncc(S(=O)(=O)N2C[C@H]3C[C@H]2CS3)s1. The molecule has 104 valence electrons. The van der Waals surface area contributed by atoms with E-state index in [1.54, 1.807) is 4.31 Å². The van der Waals surface area contributed by atoms with Crippen LogP contribution in [0.2, 0.25) is 0 Å². The second kappa shape index (κ2) is 4.72. The maximum atomic E-state index is 12.5. The molecule has 2 fully saturated rings. The van der Waals surface area contributed by atoms with Crippen molar-refractivity contribution in [1.82, 2.24) is 9.29 Å². The minimum absolute atomic E-state index is 0.117. The fourth-order valence-electron chi connectivity index (χ4n) is 2.36. The zero-order valence-corrected chi connectivity index (χ0v) is 12.6. The van der Waals surface area contributed by atoms with E-state index in [9.17, 15) is 13.2 Å². The molecule has 1 aromatic heterocycles. The van der Waals surface area contributed by atoms with E-state index in [2.05, 4.69) is 10.3 Å². The molecule has 1 aromatic rings. The predicted octanol–water partition coefficient (Wildman–Crippen LogP) is 0.980. The summed E-state index contributed by atoms with van der Waals surface area (Å²) in [5, 5.41) is 3.26. The average molecular weight is 319 g/mol. The number of aromatic nitrogens is 1. The Morgan fingerprint density at radius 3 is 2.95 bits per heavy atom. The summed E-state index contributed by atoms with van der Waals surface area (Å²) in [5.41, 5.74) is 0. The third-order valence-electron chi connectivity index (χ3n) is 3.18. The number of hydrogen-bond donors (Lipinski definition) is 1. The van der Waals surface area contributed by atoms with Gasteiger partial charge in [-0.3, -0.25) is 4.79 Å². The summed E-state index contributed by atoms with van der Waals surface area (Å²) in [6, 6.07) is 0.117. The number of nitrogens with zero attached hydrogens (tertiary/aromatic N) is 2.